The smallest absolute Gasteiger partial charge is 0.272 e. The topological polar surface area (TPSA) is 193 Å². The molecule has 2 heterocycles. The molecule has 5 N–H and O–H groups in total. The van der Waals surface area contributed by atoms with Gasteiger partial charge in [0.25, 0.3) is 11.8 Å². The molecule has 0 bridgehead atoms. The molecule has 0 spiro atoms. The normalized spacial score (nSPS) is 14.4. The maximum atomic E-state index is 12.9. The fourth-order valence-electron chi connectivity index (χ4n) is 3.86. The molecule has 2 aromatic heterocycles. The van der Waals surface area contributed by atoms with Gasteiger partial charge in [0.2, 0.25) is 11.8 Å². The number of methoxy groups -OCH3 is 1. The average Bonchev–Trinajstić information content (AvgIpc) is 3.67. The lowest BCUT2D eigenvalue weighted by molar-refractivity contribution is -0.122. The summed E-state index contributed by atoms with van der Waals surface area (Å²) in [6.07, 6.45) is 0.754. The summed E-state index contributed by atoms with van der Waals surface area (Å²) in [4.78, 5) is 41.5. The van der Waals surface area contributed by atoms with E-state index in [1.807, 2.05) is 0 Å². The molecule has 14 nitrogen and oxygen atoms in total. The molecule has 4 rings (SSSR count). The zero-order chi connectivity index (χ0) is 30.6. The van der Waals surface area contributed by atoms with Gasteiger partial charge in [0.15, 0.2) is 23.1 Å². The summed E-state index contributed by atoms with van der Waals surface area (Å²) in [5.41, 5.74) is 0.565. The van der Waals surface area contributed by atoms with E-state index in [2.05, 4.69) is 41.6 Å². The number of para-hydroxylation sites is 1. The van der Waals surface area contributed by atoms with Crippen LogP contribution in [-0.4, -0.2) is 85.2 Å². The minimum Gasteiger partial charge on any atom is -0.494 e. The largest absolute Gasteiger partial charge is 0.494 e. The molecule has 1 aliphatic carbocycles. The Bertz CT molecular complexity index is 1470. The van der Waals surface area contributed by atoms with Gasteiger partial charge in [0.05, 0.1) is 53.7 Å². The lowest BCUT2D eigenvalue weighted by Gasteiger charge is -2.23. The summed E-state index contributed by atoms with van der Waals surface area (Å²) in [5, 5.41) is 30.6. The van der Waals surface area contributed by atoms with Gasteiger partial charge >= 0.3 is 0 Å². The van der Waals surface area contributed by atoms with Crippen LogP contribution in [0.1, 0.15) is 55.5 Å². The van der Waals surface area contributed by atoms with E-state index in [0.717, 1.165) is 12.8 Å². The number of anilines is 3. The first kappa shape index (κ1) is 30.6. The van der Waals surface area contributed by atoms with E-state index in [4.69, 9.17) is 32.8 Å². The van der Waals surface area contributed by atoms with E-state index in [1.54, 1.807) is 25.1 Å². The van der Waals surface area contributed by atoms with Gasteiger partial charge in [-0.05, 0) is 31.9 Å². The lowest BCUT2D eigenvalue weighted by Crippen LogP contribution is -2.50. The molecule has 1 fully saturated rings. The summed E-state index contributed by atoms with van der Waals surface area (Å²) < 4.78 is 11.1. The zero-order valence-electron chi connectivity index (χ0n) is 23.2. The van der Waals surface area contributed by atoms with Gasteiger partial charge in [0.1, 0.15) is 6.04 Å². The molecule has 1 aromatic carbocycles. The summed E-state index contributed by atoms with van der Waals surface area (Å²) >= 11 is 0. The molecular formula is C25H27B3N8O6. The highest BCUT2D eigenvalue weighted by Crippen LogP contribution is 2.38. The van der Waals surface area contributed by atoms with Crippen LogP contribution >= 0.6 is 0 Å². The van der Waals surface area contributed by atoms with Crippen molar-refractivity contribution in [1.29, 1.82) is 0 Å². The summed E-state index contributed by atoms with van der Waals surface area (Å²) in [6, 6.07) is 5.45. The molecule has 3 amide bonds. The van der Waals surface area contributed by atoms with Crippen molar-refractivity contribution in [2.24, 2.45) is 5.92 Å². The van der Waals surface area contributed by atoms with E-state index < -0.39 is 23.3 Å². The van der Waals surface area contributed by atoms with Crippen LogP contribution in [0.25, 0.3) is 11.5 Å². The minimum absolute atomic E-state index is 0.0317. The lowest BCUT2D eigenvalue weighted by atomic mass is 9.49. The van der Waals surface area contributed by atoms with Crippen molar-refractivity contribution in [3.05, 3.63) is 35.8 Å². The van der Waals surface area contributed by atoms with Crippen LogP contribution in [-0.2, 0) is 9.59 Å². The molecule has 1 saturated carbocycles. The molecule has 0 saturated heterocycles. The third kappa shape index (κ3) is 7.46. The average molecular weight is 568 g/mol. The van der Waals surface area contributed by atoms with Crippen molar-refractivity contribution < 1.29 is 28.8 Å². The summed E-state index contributed by atoms with van der Waals surface area (Å²) in [5.74, 6) is -1.03. The number of aliphatic hydroxyl groups is 1. The molecule has 2 atom stereocenters. The van der Waals surface area contributed by atoms with Crippen molar-refractivity contribution in [3.8, 4) is 17.2 Å². The Morgan fingerprint density at radius 2 is 1.93 bits per heavy atom. The highest BCUT2D eigenvalue weighted by Gasteiger charge is 2.31. The molecule has 6 radical (unpaired) electrons. The van der Waals surface area contributed by atoms with Crippen molar-refractivity contribution in [3.63, 3.8) is 0 Å². The second-order valence-electron chi connectivity index (χ2n) is 9.75. The monoisotopic (exact) mass is 568 g/mol. The number of carbonyl (C=O) groups is 3. The van der Waals surface area contributed by atoms with Crippen LogP contribution < -0.4 is 26.0 Å². The highest BCUT2D eigenvalue weighted by molar-refractivity contribution is 6.60. The zero-order valence-corrected chi connectivity index (χ0v) is 23.2. The summed E-state index contributed by atoms with van der Waals surface area (Å²) in [6.45, 7) is 3.17. The Hall–Kier alpha value is -4.40. The van der Waals surface area contributed by atoms with Gasteiger partial charge in [-0.1, -0.05) is 23.4 Å². The Balaban J connectivity index is 1.69. The molecule has 0 aliphatic heterocycles. The Kier molecular flexibility index (Phi) is 9.19. The molecule has 42 heavy (non-hydrogen) atoms. The van der Waals surface area contributed by atoms with Crippen molar-refractivity contribution in [2.45, 2.75) is 50.5 Å². The number of carbonyl (C=O) groups excluding carboxylic acids is 3. The van der Waals surface area contributed by atoms with E-state index in [0.29, 0.717) is 11.3 Å². The molecule has 17 heteroatoms. The number of ether oxygens (including phenoxy) is 1. The number of nitrogens with zero attached hydrogens (tertiary/aromatic N) is 4. The molecular weight excluding hydrogens is 541 g/mol. The van der Waals surface area contributed by atoms with Crippen LogP contribution in [0.2, 0.25) is 0 Å². The van der Waals surface area contributed by atoms with Gasteiger partial charge in [-0.3, -0.25) is 14.4 Å². The van der Waals surface area contributed by atoms with Crippen molar-refractivity contribution >= 4 is 58.5 Å². The van der Waals surface area contributed by atoms with Gasteiger partial charge in [-0.25, -0.2) is 0 Å². The maximum Gasteiger partial charge on any atom is 0.272 e. The van der Waals surface area contributed by atoms with E-state index in [9.17, 15) is 19.5 Å². The van der Waals surface area contributed by atoms with Crippen molar-refractivity contribution in [2.75, 3.05) is 17.7 Å². The fourth-order valence-corrected chi connectivity index (χ4v) is 3.86. The maximum absolute atomic E-state index is 12.9. The van der Waals surface area contributed by atoms with Gasteiger partial charge < -0.3 is 35.6 Å². The summed E-state index contributed by atoms with van der Waals surface area (Å²) in [7, 11) is 18.0. The van der Waals surface area contributed by atoms with Crippen LogP contribution in [0.4, 0.5) is 17.2 Å². The molecule has 1 aliphatic rings. The second kappa shape index (κ2) is 12.6. The number of benzene rings is 1. The second-order valence-corrected chi connectivity index (χ2v) is 9.75. The minimum atomic E-state index is -2.04. The standard InChI is InChI=1S/C25H27B3N8O6/c1-4-17(38)31-18(11(2)37)21-32-24(42-36-21)13-6-5-7-14(20(13)41-3)29-15-10-16(30-22(39)12-8-9-12)34-35-19(15)23(40)33-25(26,27)28/h5-7,10-12,18,37H,4,8-9H2,1-3H3,(H,31,38)(H,33,40)(H2,29,30,34,39)/t11-,18+/m0/s1. The number of hydrogen-bond acceptors (Lipinski definition) is 11. The number of nitrogens with one attached hydrogen (secondary N) is 4. The quantitative estimate of drug-likeness (QED) is 0.190. The Labute approximate surface area is 245 Å². The van der Waals surface area contributed by atoms with Crippen molar-refractivity contribution in [1.82, 2.24) is 31.0 Å². The predicted octanol–water partition coefficient (Wildman–Crippen LogP) is 0.422. The molecule has 3 aromatic rings. The first-order valence-electron chi connectivity index (χ1n) is 13.0. The highest BCUT2D eigenvalue weighted by atomic mass is 16.5. The van der Waals surface area contributed by atoms with Gasteiger partial charge in [-0.2, -0.15) is 4.98 Å². The van der Waals surface area contributed by atoms with E-state index in [-0.39, 0.29) is 58.8 Å². The van der Waals surface area contributed by atoms with E-state index in [1.165, 1.54) is 20.1 Å². The van der Waals surface area contributed by atoms with Gasteiger partial charge in [0, 0.05) is 18.4 Å². The third-order valence-corrected chi connectivity index (χ3v) is 6.10. The van der Waals surface area contributed by atoms with Crippen LogP contribution in [0, 0.1) is 5.92 Å². The van der Waals surface area contributed by atoms with Gasteiger partial charge in [-0.15, -0.1) is 10.2 Å². The van der Waals surface area contributed by atoms with Crippen LogP contribution in [0.15, 0.2) is 28.8 Å². The van der Waals surface area contributed by atoms with E-state index >= 15 is 0 Å². The Morgan fingerprint density at radius 3 is 2.55 bits per heavy atom. The number of rotatable bonds is 12. The van der Waals surface area contributed by atoms with Crippen LogP contribution in [0.5, 0.6) is 5.75 Å². The fraction of sp³-hybridized carbons (Fsp3) is 0.400. The molecule has 212 valence electrons. The first-order chi connectivity index (χ1) is 19.9. The molecule has 0 unspecified atom stereocenters. The number of hydrogen-bond donors (Lipinski definition) is 5. The van der Waals surface area contributed by atoms with Crippen LogP contribution in [0.3, 0.4) is 0 Å². The first-order valence-corrected chi connectivity index (χ1v) is 13.0. The number of amides is 3. The third-order valence-electron chi connectivity index (χ3n) is 6.10. The Morgan fingerprint density at radius 1 is 1.19 bits per heavy atom. The predicted molar refractivity (Wildman–Crippen MR) is 153 cm³/mol. The number of aromatic nitrogens is 4. The number of aliphatic hydroxyl groups excluding tert-OH is 1. The SMILES string of the molecule is [B]C([B])([B])NC(=O)c1nnc(NC(=O)C2CC2)cc1Nc1cccc(-c2nc([C@H](NC(=O)CC)[C@H](C)O)no2)c1OC.